The second-order valence-corrected chi connectivity index (χ2v) is 3.98. The first-order valence-electron chi connectivity index (χ1n) is 2.48. The molecular weight excluding hydrogens is 162 g/mol. The van der Waals surface area contributed by atoms with E-state index in [1.54, 1.807) is 6.92 Å². The SMILES string of the molecule is CCC([NH3+])[Si](O)(O)O.[Cl-]. The zero-order valence-corrected chi connectivity index (χ0v) is 6.97. The molecule has 0 bridgehead atoms. The minimum absolute atomic E-state index is 0. The molecule has 1 atom stereocenters. The van der Waals surface area contributed by atoms with Crippen LogP contribution in [0.3, 0.4) is 0 Å². The summed E-state index contributed by atoms with van der Waals surface area (Å²) in [6, 6.07) is 0. The third-order valence-corrected chi connectivity index (χ3v) is 2.54. The summed E-state index contributed by atoms with van der Waals surface area (Å²) in [6.07, 6.45) is 0.496. The Balaban J connectivity index is 0. The average molecular weight is 174 g/mol. The summed E-state index contributed by atoms with van der Waals surface area (Å²) < 4.78 is 0. The largest absolute Gasteiger partial charge is 1.00 e. The predicted octanol–water partition coefficient (Wildman–Crippen LogP) is -5.53. The molecule has 0 aliphatic rings. The predicted molar refractivity (Wildman–Crippen MR) is 29.4 cm³/mol. The fourth-order valence-electron chi connectivity index (χ4n) is 0.274. The topological polar surface area (TPSA) is 88.3 Å². The molecule has 4 nitrogen and oxygen atoms in total. The summed E-state index contributed by atoms with van der Waals surface area (Å²) in [6.45, 7) is 1.74. The van der Waals surface area contributed by atoms with Crippen molar-refractivity contribution < 1.29 is 32.5 Å². The van der Waals surface area contributed by atoms with E-state index in [0.717, 1.165) is 0 Å². The maximum Gasteiger partial charge on any atom is 0.554 e. The van der Waals surface area contributed by atoms with E-state index >= 15 is 0 Å². The Morgan fingerprint density at radius 1 is 1.44 bits per heavy atom. The smallest absolute Gasteiger partial charge is 0.554 e. The third kappa shape index (κ3) is 4.83. The second kappa shape index (κ2) is 4.21. The van der Waals surface area contributed by atoms with E-state index < -0.39 is 14.5 Å². The van der Waals surface area contributed by atoms with Gasteiger partial charge in [-0.1, -0.05) is 6.92 Å². The van der Waals surface area contributed by atoms with Crippen molar-refractivity contribution in [3.05, 3.63) is 0 Å². The molecular formula is C3H12ClNO3Si. The molecule has 0 aromatic rings. The first-order chi connectivity index (χ1) is 3.48. The maximum atomic E-state index is 8.47. The molecule has 0 aromatic carbocycles. The molecule has 6 N–H and O–H groups in total. The molecule has 0 heterocycles. The number of hydrogen-bond acceptors (Lipinski definition) is 3. The number of hydrogen-bond donors (Lipinski definition) is 4. The van der Waals surface area contributed by atoms with E-state index in [1.807, 2.05) is 0 Å². The van der Waals surface area contributed by atoms with Gasteiger partial charge in [0, 0.05) is 6.42 Å². The minimum atomic E-state index is -3.87. The highest BCUT2D eigenvalue weighted by molar-refractivity contribution is 6.57. The van der Waals surface area contributed by atoms with Gasteiger partial charge in [-0.05, 0) is 0 Å². The van der Waals surface area contributed by atoms with Gasteiger partial charge in [0.25, 0.3) is 0 Å². The van der Waals surface area contributed by atoms with Crippen LogP contribution in [0.25, 0.3) is 0 Å². The van der Waals surface area contributed by atoms with Crippen LogP contribution in [0.15, 0.2) is 0 Å². The van der Waals surface area contributed by atoms with Crippen LogP contribution in [-0.2, 0) is 0 Å². The Hall–Kier alpha value is 0.347. The molecule has 0 rings (SSSR count). The van der Waals surface area contributed by atoms with Crippen LogP contribution in [0.1, 0.15) is 13.3 Å². The van der Waals surface area contributed by atoms with Gasteiger partial charge in [0.2, 0.25) is 0 Å². The molecule has 0 saturated carbocycles. The zero-order valence-electron chi connectivity index (χ0n) is 5.21. The van der Waals surface area contributed by atoms with Crippen molar-refractivity contribution in [2.75, 3.05) is 0 Å². The van der Waals surface area contributed by atoms with Crippen molar-refractivity contribution in [3.8, 4) is 0 Å². The van der Waals surface area contributed by atoms with Gasteiger partial charge in [0.15, 0.2) is 5.67 Å². The lowest BCUT2D eigenvalue weighted by Crippen LogP contribution is -3.00. The number of rotatable bonds is 2. The summed E-state index contributed by atoms with van der Waals surface area (Å²) in [5.74, 6) is 0. The highest BCUT2D eigenvalue weighted by Gasteiger charge is 2.38. The van der Waals surface area contributed by atoms with Gasteiger partial charge in [-0.3, -0.25) is 0 Å². The maximum absolute atomic E-state index is 8.47. The minimum Gasteiger partial charge on any atom is -1.00 e. The molecule has 0 saturated heterocycles. The van der Waals surface area contributed by atoms with Crippen molar-refractivity contribution in [3.63, 3.8) is 0 Å². The van der Waals surface area contributed by atoms with Crippen LogP contribution in [0.4, 0.5) is 0 Å². The summed E-state index contributed by atoms with van der Waals surface area (Å²) >= 11 is 0. The Labute approximate surface area is 61.1 Å². The van der Waals surface area contributed by atoms with Crippen molar-refractivity contribution in [1.29, 1.82) is 0 Å². The van der Waals surface area contributed by atoms with E-state index in [2.05, 4.69) is 5.73 Å². The van der Waals surface area contributed by atoms with Crippen molar-refractivity contribution in [1.82, 2.24) is 0 Å². The Kier molecular flexibility index (Phi) is 5.64. The van der Waals surface area contributed by atoms with Crippen LogP contribution in [0.2, 0.25) is 0 Å². The van der Waals surface area contributed by atoms with Gasteiger partial charge in [-0.25, -0.2) is 0 Å². The van der Waals surface area contributed by atoms with E-state index in [4.69, 9.17) is 14.4 Å². The molecule has 58 valence electrons. The lowest BCUT2D eigenvalue weighted by Gasteiger charge is -2.11. The molecule has 0 aliphatic carbocycles. The van der Waals surface area contributed by atoms with Crippen molar-refractivity contribution in [2.24, 2.45) is 0 Å². The zero-order chi connectivity index (χ0) is 6.78. The molecule has 9 heavy (non-hydrogen) atoms. The van der Waals surface area contributed by atoms with E-state index in [1.165, 1.54) is 0 Å². The van der Waals surface area contributed by atoms with Gasteiger partial charge in [-0.2, -0.15) is 0 Å². The summed E-state index contributed by atoms with van der Waals surface area (Å²) in [4.78, 5) is 25.4. The normalized spacial score (nSPS) is 14.3. The van der Waals surface area contributed by atoms with Gasteiger partial charge in [0.1, 0.15) is 0 Å². The second-order valence-electron chi connectivity index (χ2n) is 1.79. The number of quaternary nitrogens is 1. The summed E-state index contributed by atoms with van der Waals surface area (Å²) in [7, 11) is -3.87. The molecule has 0 aliphatic heterocycles. The lowest BCUT2D eigenvalue weighted by molar-refractivity contribution is -0.404. The monoisotopic (exact) mass is 173 g/mol. The fraction of sp³-hybridized carbons (Fsp3) is 1.00. The van der Waals surface area contributed by atoms with Gasteiger partial charge in [-0.15, -0.1) is 0 Å². The van der Waals surface area contributed by atoms with Gasteiger partial charge < -0.3 is 32.5 Å². The Morgan fingerprint density at radius 3 is 1.78 bits per heavy atom. The average Bonchev–Trinajstić information content (AvgIpc) is 1.62. The standard InChI is InChI=1S/C3H11NO3Si.ClH/c1-2-3(4)8(5,6)7;/h3,5-7H,2,4H2,1H3;1H. The van der Waals surface area contributed by atoms with E-state index in [-0.39, 0.29) is 12.4 Å². The molecule has 1 unspecified atom stereocenters. The van der Waals surface area contributed by atoms with Crippen LogP contribution in [0.5, 0.6) is 0 Å². The van der Waals surface area contributed by atoms with Gasteiger partial charge in [0.05, 0.1) is 0 Å². The molecule has 0 fully saturated rings. The van der Waals surface area contributed by atoms with E-state index in [0.29, 0.717) is 6.42 Å². The van der Waals surface area contributed by atoms with Crippen molar-refractivity contribution >= 4 is 8.80 Å². The molecule has 0 radical (unpaired) electrons. The third-order valence-electron chi connectivity index (χ3n) is 1.04. The molecule has 0 aromatic heterocycles. The first-order valence-corrected chi connectivity index (χ1v) is 4.40. The molecule has 6 heteroatoms. The number of halogens is 1. The quantitative estimate of drug-likeness (QED) is 0.314. The van der Waals surface area contributed by atoms with Crippen LogP contribution in [0, 0.1) is 0 Å². The Morgan fingerprint density at radius 2 is 1.78 bits per heavy atom. The Bertz CT molecular complexity index is 75.9. The van der Waals surface area contributed by atoms with Crippen LogP contribution in [-0.4, -0.2) is 28.9 Å². The van der Waals surface area contributed by atoms with Crippen LogP contribution >= 0.6 is 0 Å². The highest BCUT2D eigenvalue weighted by atomic mass is 35.5. The van der Waals surface area contributed by atoms with Crippen LogP contribution < -0.4 is 18.1 Å². The summed E-state index contributed by atoms with van der Waals surface area (Å²) in [5.41, 5.74) is 2.74. The molecule has 0 amide bonds. The van der Waals surface area contributed by atoms with E-state index in [9.17, 15) is 0 Å². The van der Waals surface area contributed by atoms with Crippen molar-refractivity contribution in [2.45, 2.75) is 19.0 Å². The summed E-state index contributed by atoms with van der Waals surface area (Å²) in [5, 5.41) is 0. The fourth-order valence-corrected chi connectivity index (χ4v) is 0.822. The molecule has 0 spiro atoms. The highest BCUT2D eigenvalue weighted by Crippen LogP contribution is 1.93. The lowest BCUT2D eigenvalue weighted by atomic mass is 10.5. The first kappa shape index (κ1) is 12.1. The van der Waals surface area contributed by atoms with Gasteiger partial charge >= 0.3 is 8.80 Å².